The third-order valence-corrected chi connectivity index (χ3v) is 5.88. The van der Waals surface area contributed by atoms with Crippen LogP contribution in [-0.4, -0.2) is 43.9 Å². The molecule has 0 fully saturated rings. The van der Waals surface area contributed by atoms with Gasteiger partial charge in [-0.3, -0.25) is 0 Å². The van der Waals surface area contributed by atoms with Crippen molar-refractivity contribution in [1.82, 2.24) is 0 Å². The first kappa shape index (κ1) is 33.5. The second-order valence-corrected chi connectivity index (χ2v) is 10.6. The zero-order chi connectivity index (χ0) is 32.3. The molecule has 0 heterocycles. The largest absolute Gasteiger partial charge is 0.494 e. The fraction of sp³-hybridized carbons (Fsp3) is 0.281. The van der Waals surface area contributed by atoms with Crippen LogP contribution in [0.15, 0.2) is 72.8 Å². The summed E-state index contributed by atoms with van der Waals surface area (Å²) in [7, 11) is 0. The van der Waals surface area contributed by atoms with Crippen molar-refractivity contribution in [3.63, 3.8) is 0 Å². The summed E-state index contributed by atoms with van der Waals surface area (Å²) in [6, 6.07) is 16.7. The molecule has 0 atom stereocenters. The van der Waals surface area contributed by atoms with Gasteiger partial charge in [0.1, 0.15) is 11.5 Å². The van der Waals surface area contributed by atoms with Crippen LogP contribution in [-0.2, 0) is 14.3 Å². The SMILES string of the molecule is CC(C)(COC(=O)C=Cc1ccc(OC(=O)c2ccc(OCCCC(F)(F)F)cc2)cc1)COC(=O)c1cc(N)cc(N)c1. The number of nitrogens with two attached hydrogens (primary N) is 2. The molecule has 0 radical (unpaired) electrons. The quantitative estimate of drug-likeness (QED) is 0.0754. The monoisotopic (exact) mass is 614 g/mol. The molecule has 3 rings (SSSR count). The first-order chi connectivity index (χ1) is 20.7. The van der Waals surface area contributed by atoms with E-state index in [1.165, 1.54) is 54.6 Å². The van der Waals surface area contributed by atoms with Gasteiger partial charge in [-0.05, 0) is 72.7 Å². The van der Waals surface area contributed by atoms with Crippen LogP contribution in [0.4, 0.5) is 24.5 Å². The number of hydrogen-bond acceptors (Lipinski definition) is 9. The molecule has 234 valence electrons. The number of nitrogen functional groups attached to an aromatic ring is 2. The second kappa shape index (κ2) is 14.9. The maximum Gasteiger partial charge on any atom is 0.389 e. The van der Waals surface area contributed by atoms with E-state index in [-0.39, 0.29) is 43.1 Å². The molecule has 0 spiro atoms. The number of anilines is 2. The van der Waals surface area contributed by atoms with Crippen LogP contribution in [0.2, 0.25) is 0 Å². The van der Waals surface area contributed by atoms with Crippen molar-refractivity contribution in [2.45, 2.75) is 32.9 Å². The Morgan fingerprint density at radius 3 is 1.98 bits per heavy atom. The Hall–Kier alpha value is -5.00. The Labute approximate surface area is 252 Å². The molecule has 0 bridgehead atoms. The molecule has 0 aromatic heterocycles. The summed E-state index contributed by atoms with van der Waals surface area (Å²) < 4.78 is 57.9. The average Bonchev–Trinajstić information content (AvgIpc) is 2.96. The summed E-state index contributed by atoms with van der Waals surface area (Å²) in [6.07, 6.45) is -2.56. The van der Waals surface area contributed by atoms with E-state index in [4.69, 9.17) is 30.4 Å². The summed E-state index contributed by atoms with van der Waals surface area (Å²) in [5.41, 5.74) is 12.5. The molecular formula is C32H33F3N2O7. The molecular weight excluding hydrogens is 581 g/mol. The van der Waals surface area contributed by atoms with E-state index < -0.39 is 35.9 Å². The van der Waals surface area contributed by atoms with Crippen LogP contribution in [0.3, 0.4) is 0 Å². The minimum absolute atomic E-state index is 0.0113. The molecule has 3 aromatic rings. The predicted molar refractivity (Wildman–Crippen MR) is 158 cm³/mol. The number of halogens is 3. The van der Waals surface area contributed by atoms with Crippen LogP contribution in [0, 0.1) is 5.41 Å². The predicted octanol–water partition coefficient (Wildman–Crippen LogP) is 6.23. The highest BCUT2D eigenvalue weighted by atomic mass is 19.4. The minimum Gasteiger partial charge on any atom is -0.494 e. The summed E-state index contributed by atoms with van der Waals surface area (Å²) in [5, 5.41) is 0. The second-order valence-electron chi connectivity index (χ2n) is 10.6. The molecule has 12 heteroatoms. The molecule has 0 aliphatic heterocycles. The van der Waals surface area contributed by atoms with Gasteiger partial charge in [-0.25, -0.2) is 14.4 Å². The van der Waals surface area contributed by atoms with Gasteiger partial charge >= 0.3 is 24.1 Å². The lowest BCUT2D eigenvalue weighted by molar-refractivity contribution is -0.141. The summed E-state index contributed by atoms with van der Waals surface area (Å²) >= 11 is 0. The number of rotatable bonds is 13. The van der Waals surface area contributed by atoms with E-state index in [0.29, 0.717) is 22.7 Å². The van der Waals surface area contributed by atoms with Crippen LogP contribution >= 0.6 is 0 Å². The van der Waals surface area contributed by atoms with Crippen molar-refractivity contribution in [3.05, 3.63) is 89.5 Å². The molecule has 0 unspecified atom stereocenters. The minimum atomic E-state index is -4.23. The average molecular weight is 615 g/mol. The fourth-order valence-corrected chi connectivity index (χ4v) is 3.62. The van der Waals surface area contributed by atoms with Gasteiger partial charge in [0.2, 0.25) is 0 Å². The number of carbonyl (C=O) groups excluding carboxylic acids is 3. The number of ether oxygens (including phenoxy) is 4. The number of benzene rings is 3. The summed E-state index contributed by atoms with van der Waals surface area (Å²) in [4.78, 5) is 37.0. The fourth-order valence-electron chi connectivity index (χ4n) is 3.62. The van der Waals surface area contributed by atoms with E-state index in [9.17, 15) is 27.6 Å². The number of hydrogen-bond donors (Lipinski definition) is 2. The Bertz CT molecular complexity index is 1450. The highest BCUT2D eigenvalue weighted by Crippen LogP contribution is 2.23. The normalized spacial score (nSPS) is 11.7. The molecule has 0 aliphatic rings. The van der Waals surface area contributed by atoms with Gasteiger partial charge in [-0.15, -0.1) is 0 Å². The first-order valence-electron chi connectivity index (χ1n) is 13.5. The molecule has 0 saturated heterocycles. The highest BCUT2D eigenvalue weighted by Gasteiger charge is 2.26. The number of esters is 3. The van der Waals surface area contributed by atoms with Crippen LogP contribution < -0.4 is 20.9 Å². The molecule has 44 heavy (non-hydrogen) atoms. The van der Waals surface area contributed by atoms with Crippen molar-refractivity contribution < 1.29 is 46.5 Å². The molecule has 3 aromatic carbocycles. The Morgan fingerprint density at radius 2 is 1.36 bits per heavy atom. The number of carbonyl (C=O) groups is 3. The van der Waals surface area contributed by atoms with Crippen LogP contribution in [0.5, 0.6) is 11.5 Å². The lowest BCUT2D eigenvalue weighted by Gasteiger charge is -2.23. The summed E-state index contributed by atoms with van der Waals surface area (Å²) in [6.45, 7) is 3.43. The van der Waals surface area contributed by atoms with Crippen LogP contribution in [0.25, 0.3) is 6.08 Å². The first-order valence-corrected chi connectivity index (χ1v) is 13.5. The standard InChI is InChI=1S/C32H33F3N2O7/c1-31(2,20-43-29(39)23-16-24(36)18-25(37)17-23)19-42-28(38)13-6-21-4-9-27(10-5-21)44-30(40)22-7-11-26(12-8-22)41-15-3-14-32(33,34)35/h4-13,16-18H,3,14-15,19-20,36-37H2,1-2H3. The Morgan fingerprint density at radius 1 is 0.773 bits per heavy atom. The van der Waals surface area contributed by atoms with E-state index in [1.54, 1.807) is 38.1 Å². The van der Waals surface area contributed by atoms with Gasteiger partial charge < -0.3 is 30.4 Å². The topological polar surface area (TPSA) is 140 Å². The van der Waals surface area contributed by atoms with E-state index in [2.05, 4.69) is 0 Å². The Kier molecular flexibility index (Phi) is 11.4. The maximum absolute atomic E-state index is 12.4. The maximum atomic E-state index is 12.4. The lowest BCUT2D eigenvalue weighted by atomic mass is 9.96. The number of alkyl halides is 3. The van der Waals surface area contributed by atoms with Crippen molar-refractivity contribution in [3.8, 4) is 11.5 Å². The van der Waals surface area contributed by atoms with Gasteiger partial charge in [0, 0.05) is 29.3 Å². The lowest BCUT2D eigenvalue weighted by Crippen LogP contribution is -2.28. The van der Waals surface area contributed by atoms with E-state index >= 15 is 0 Å². The van der Waals surface area contributed by atoms with Crippen molar-refractivity contribution in [1.29, 1.82) is 0 Å². The van der Waals surface area contributed by atoms with Crippen molar-refractivity contribution >= 4 is 35.4 Å². The summed E-state index contributed by atoms with van der Waals surface area (Å²) in [5.74, 6) is -1.23. The molecule has 0 saturated carbocycles. The zero-order valence-electron chi connectivity index (χ0n) is 24.2. The molecule has 9 nitrogen and oxygen atoms in total. The van der Waals surface area contributed by atoms with E-state index in [0.717, 1.165) is 0 Å². The van der Waals surface area contributed by atoms with Gasteiger partial charge in [0.15, 0.2) is 0 Å². The Balaban J connectivity index is 1.41. The van der Waals surface area contributed by atoms with Gasteiger partial charge in [0.05, 0.1) is 30.9 Å². The molecule has 4 N–H and O–H groups in total. The third-order valence-electron chi connectivity index (χ3n) is 5.88. The van der Waals surface area contributed by atoms with Crippen LogP contribution in [0.1, 0.15) is 53.0 Å². The van der Waals surface area contributed by atoms with Gasteiger partial charge in [-0.1, -0.05) is 26.0 Å². The van der Waals surface area contributed by atoms with Crippen molar-refractivity contribution in [2.24, 2.45) is 5.41 Å². The van der Waals surface area contributed by atoms with Gasteiger partial charge in [0.25, 0.3) is 0 Å². The van der Waals surface area contributed by atoms with Gasteiger partial charge in [-0.2, -0.15) is 13.2 Å². The van der Waals surface area contributed by atoms with E-state index in [1.807, 2.05) is 0 Å². The molecule has 0 aliphatic carbocycles. The zero-order valence-corrected chi connectivity index (χ0v) is 24.2. The third kappa shape index (κ3) is 11.7. The molecule has 0 amide bonds. The highest BCUT2D eigenvalue weighted by molar-refractivity contribution is 5.92. The smallest absolute Gasteiger partial charge is 0.389 e. The van der Waals surface area contributed by atoms with Crippen molar-refractivity contribution in [2.75, 3.05) is 31.3 Å².